The zero-order valence-corrected chi connectivity index (χ0v) is 12.9. The Morgan fingerprint density at radius 2 is 2.05 bits per heavy atom. The Morgan fingerprint density at radius 3 is 2.71 bits per heavy atom. The van der Waals surface area contributed by atoms with Gasteiger partial charge in [-0.3, -0.25) is 4.79 Å². The molecule has 0 saturated carbocycles. The SMILES string of the molecule is O=C(/C=C/c1cc(Br)ccc1F)Nc1ccc(C(=O)O)s1. The largest absolute Gasteiger partial charge is 0.477 e. The smallest absolute Gasteiger partial charge is 0.345 e. The van der Waals surface area contributed by atoms with Gasteiger partial charge in [-0.15, -0.1) is 11.3 Å². The van der Waals surface area contributed by atoms with Crippen molar-refractivity contribution in [3.05, 3.63) is 57.1 Å². The molecule has 0 radical (unpaired) electrons. The topological polar surface area (TPSA) is 66.4 Å². The minimum Gasteiger partial charge on any atom is -0.477 e. The Labute approximate surface area is 132 Å². The fourth-order valence-corrected chi connectivity index (χ4v) is 2.62. The average molecular weight is 370 g/mol. The van der Waals surface area contributed by atoms with Crippen LogP contribution >= 0.6 is 27.3 Å². The molecule has 0 aliphatic rings. The van der Waals surface area contributed by atoms with E-state index in [4.69, 9.17) is 5.11 Å². The van der Waals surface area contributed by atoms with E-state index in [0.29, 0.717) is 9.47 Å². The summed E-state index contributed by atoms with van der Waals surface area (Å²) in [7, 11) is 0. The quantitative estimate of drug-likeness (QED) is 0.800. The number of hydrogen-bond donors (Lipinski definition) is 2. The zero-order valence-electron chi connectivity index (χ0n) is 10.5. The number of carboxylic acids is 1. The molecule has 1 aromatic carbocycles. The van der Waals surface area contributed by atoms with Crippen molar-refractivity contribution in [2.75, 3.05) is 5.32 Å². The monoisotopic (exact) mass is 369 g/mol. The van der Waals surface area contributed by atoms with E-state index in [1.165, 1.54) is 30.4 Å². The second kappa shape index (κ2) is 6.64. The Hall–Kier alpha value is -1.99. The van der Waals surface area contributed by atoms with Gasteiger partial charge in [0.2, 0.25) is 5.91 Å². The lowest BCUT2D eigenvalue weighted by atomic mass is 10.2. The van der Waals surface area contributed by atoms with Crippen LogP contribution in [0, 0.1) is 5.82 Å². The van der Waals surface area contributed by atoms with Gasteiger partial charge in [0.1, 0.15) is 10.7 Å². The van der Waals surface area contributed by atoms with Crippen molar-refractivity contribution in [2.24, 2.45) is 0 Å². The molecule has 4 nitrogen and oxygen atoms in total. The van der Waals surface area contributed by atoms with E-state index in [-0.39, 0.29) is 10.4 Å². The maximum Gasteiger partial charge on any atom is 0.345 e. The third-order valence-corrected chi connectivity index (χ3v) is 3.92. The summed E-state index contributed by atoms with van der Waals surface area (Å²) in [6, 6.07) is 7.30. The van der Waals surface area contributed by atoms with Crippen molar-refractivity contribution in [3.8, 4) is 0 Å². The van der Waals surface area contributed by atoms with Crippen molar-refractivity contribution in [3.63, 3.8) is 0 Å². The van der Waals surface area contributed by atoms with E-state index < -0.39 is 17.7 Å². The lowest BCUT2D eigenvalue weighted by molar-refractivity contribution is -0.111. The Bertz CT molecular complexity index is 727. The third-order valence-electron chi connectivity index (χ3n) is 2.44. The van der Waals surface area contributed by atoms with Crippen LogP contribution in [0.1, 0.15) is 15.2 Å². The summed E-state index contributed by atoms with van der Waals surface area (Å²) in [5.41, 5.74) is 0.275. The molecule has 0 spiro atoms. The number of carboxylic acid groups (broad SMARTS) is 1. The lowest BCUT2D eigenvalue weighted by Gasteiger charge is -1.99. The van der Waals surface area contributed by atoms with E-state index in [2.05, 4.69) is 21.2 Å². The van der Waals surface area contributed by atoms with Crippen LogP contribution in [-0.4, -0.2) is 17.0 Å². The number of carbonyl (C=O) groups is 2. The molecule has 2 N–H and O–H groups in total. The molecule has 1 aromatic heterocycles. The summed E-state index contributed by atoms with van der Waals surface area (Å²) in [4.78, 5) is 22.5. The Balaban J connectivity index is 2.05. The molecule has 108 valence electrons. The van der Waals surface area contributed by atoms with Crippen LogP contribution < -0.4 is 5.32 Å². The number of aromatic carboxylic acids is 1. The first kappa shape index (κ1) is 15.4. The van der Waals surface area contributed by atoms with Gasteiger partial charge in [0.05, 0.1) is 5.00 Å². The molecule has 7 heteroatoms. The molecular weight excluding hydrogens is 361 g/mol. The third kappa shape index (κ3) is 4.24. The average Bonchev–Trinajstić information content (AvgIpc) is 2.88. The summed E-state index contributed by atoms with van der Waals surface area (Å²) in [6.07, 6.45) is 2.53. The minimum absolute atomic E-state index is 0.132. The minimum atomic E-state index is -1.05. The van der Waals surface area contributed by atoms with Crippen LogP contribution in [0.5, 0.6) is 0 Å². The number of thiophene rings is 1. The maximum atomic E-state index is 13.5. The number of halogens is 2. The summed E-state index contributed by atoms with van der Waals surface area (Å²) in [5.74, 6) is -1.95. The van der Waals surface area contributed by atoms with Crippen LogP contribution in [-0.2, 0) is 4.79 Å². The Morgan fingerprint density at radius 1 is 1.29 bits per heavy atom. The van der Waals surface area contributed by atoms with Gasteiger partial charge < -0.3 is 10.4 Å². The van der Waals surface area contributed by atoms with E-state index in [1.54, 1.807) is 12.1 Å². The number of amides is 1. The number of hydrogen-bond acceptors (Lipinski definition) is 3. The molecule has 0 unspecified atom stereocenters. The predicted octanol–water partition coefficient (Wildman–Crippen LogP) is 4.00. The molecule has 0 fully saturated rings. The lowest BCUT2D eigenvalue weighted by Crippen LogP contribution is -2.06. The first-order valence-electron chi connectivity index (χ1n) is 5.73. The van der Waals surface area contributed by atoms with Crippen molar-refractivity contribution < 1.29 is 19.1 Å². The fraction of sp³-hybridized carbons (Fsp3) is 0. The number of carbonyl (C=O) groups excluding carboxylic acids is 1. The molecule has 1 amide bonds. The van der Waals surface area contributed by atoms with Gasteiger partial charge >= 0.3 is 5.97 Å². The first-order valence-corrected chi connectivity index (χ1v) is 7.34. The molecule has 0 saturated heterocycles. The first-order chi connectivity index (χ1) is 9.95. The van der Waals surface area contributed by atoms with Gasteiger partial charge in [-0.1, -0.05) is 15.9 Å². The van der Waals surface area contributed by atoms with E-state index in [1.807, 2.05) is 0 Å². The molecular formula is C14H9BrFNO3S. The van der Waals surface area contributed by atoms with Gasteiger partial charge in [-0.2, -0.15) is 0 Å². The standard InChI is InChI=1S/C14H9BrFNO3S/c15-9-2-3-10(16)8(7-9)1-5-12(18)17-13-6-4-11(21-13)14(19)20/h1-7H,(H,17,18)(H,19,20)/b5-1+. The molecule has 0 atom stereocenters. The zero-order chi connectivity index (χ0) is 15.4. The highest BCUT2D eigenvalue weighted by atomic mass is 79.9. The van der Waals surface area contributed by atoms with Crippen LogP contribution in [0.3, 0.4) is 0 Å². The van der Waals surface area contributed by atoms with E-state index in [0.717, 1.165) is 11.3 Å². The van der Waals surface area contributed by atoms with Gasteiger partial charge in [0.15, 0.2) is 0 Å². The highest BCUT2D eigenvalue weighted by molar-refractivity contribution is 9.10. The number of rotatable bonds is 4. The molecule has 21 heavy (non-hydrogen) atoms. The highest BCUT2D eigenvalue weighted by Crippen LogP contribution is 2.22. The van der Waals surface area contributed by atoms with Crippen LogP contribution in [0.15, 0.2) is 40.9 Å². The molecule has 1 heterocycles. The second-order valence-corrected chi connectivity index (χ2v) is 5.96. The van der Waals surface area contributed by atoms with Crippen molar-refractivity contribution >= 4 is 50.2 Å². The summed E-state index contributed by atoms with van der Waals surface area (Å²) < 4.78 is 14.2. The number of anilines is 1. The van der Waals surface area contributed by atoms with Gasteiger partial charge in [0, 0.05) is 16.1 Å². The van der Waals surface area contributed by atoms with E-state index >= 15 is 0 Å². The molecule has 0 aliphatic heterocycles. The second-order valence-electron chi connectivity index (χ2n) is 3.96. The van der Waals surface area contributed by atoms with Gasteiger partial charge in [0.25, 0.3) is 0 Å². The molecule has 2 aromatic rings. The normalized spacial score (nSPS) is 10.8. The van der Waals surface area contributed by atoms with Crippen molar-refractivity contribution in [1.29, 1.82) is 0 Å². The van der Waals surface area contributed by atoms with Gasteiger partial charge in [-0.25, -0.2) is 9.18 Å². The van der Waals surface area contributed by atoms with Crippen LogP contribution in [0.4, 0.5) is 9.39 Å². The highest BCUT2D eigenvalue weighted by Gasteiger charge is 2.08. The van der Waals surface area contributed by atoms with Crippen LogP contribution in [0.2, 0.25) is 0 Å². The maximum absolute atomic E-state index is 13.5. The molecule has 2 rings (SSSR count). The van der Waals surface area contributed by atoms with Crippen LogP contribution in [0.25, 0.3) is 6.08 Å². The fourth-order valence-electron chi connectivity index (χ4n) is 1.49. The Kier molecular flexibility index (Phi) is 4.87. The molecule has 0 bridgehead atoms. The molecule has 0 aliphatic carbocycles. The predicted molar refractivity (Wildman–Crippen MR) is 83.0 cm³/mol. The van der Waals surface area contributed by atoms with Gasteiger partial charge in [-0.05, 0) is 36.4 Å². The van der Waals surface area contributed by atoms with E-state index in [9.17, 15) is 14.0 Å². The number of benzene rings is 1. The summed E-state index contributed by atoms with van der Waals surface area (Å²) in [6.45, 7) is 0. The van der Waals surface area contributed by atoms with Crippen molar-refractivity contribution in [1.82, 2.24) is 0 Å². The summed E-state index contributed by atoms with van der Waals surface area (Å²) in [5, 5.41) is 11.7. The summed E-state index contributed by atoms with van der Waals surface area (Å²) >= 11 is 4.17. The van der Waals surface area contributed by atoms with Crippen molar-refractivity contribution in [2.45, 2.75) is 0 Å². The number of nitrogens with one attached hydrogen (secondary N) is 1.